The summed E-state index contributed by atoms with van der Waals surface area (Å²) in [7, 11) is 3.43. The van der Waals surface area contributed by atoms with Gasteiger partial charge in [-0.3, -0.25) is 4.90 Å². The van der Waals surface area contributed by atoms with Gasteiger partial charge in [-0.15, -0.1) is 11.3 Å². The Hall–Kier alpha value is -2.11. The molecule has 1 aliphatic heterocycles. The van der Waals surface area contributed by atoms with Gasteiger partial charge < -0.3 is 9.47 Å². The molecule has 0 saturated carbocycles. The van der Waals surface area contributed by atoms with Crippen LogP contribution in [0.5, 0.6) is 11.5 Å². The summed E-state index contributed by atoms with van der Waals surface area (Å²) in [6.45, 7) is 1.93. The summed E-state index contributed by atoms with van der Waals surface area (Å²) in [5.41, 5.74) is 2.27. The summed E-state index contributed by atoms with van der Waals surface area (Å²) < 4.78 is 12.3. The molecule has 0 spiro atoms. The molecule has 3 aromatic rings. The molecule has 0 radical (unpaired) electrons. The normalized spacial score (nSPS) is 18.2. The summed E-state index contributed by atoms with van der Waals surface area (Å²) in [6.07, 6.45) is 3.64. The number of methoxy groups -OCH3 is 2. The van der Waals surface area contributed by atoms with Crippen LogP contribution in [0, 0.1) is 0 Å². The highest BCUT2D eigenvalue weighted by atomic mass is 32.1. The van der Waals surface area contributed by atoms with Crippen molar-refractivity contribution in [3.63, 3.8) is 0 Å². The minimum Gasteiger partial charge on any atom is -0.497 e. The Kier molecular flexibility index (Phi) is 5.09. The van der Waals surface area contributed by atoms with Gasteiger partial charge in [-0.05, 0) is 49.7 Å². The average molecular weight is 369 g/mol. The standard InChI is InChI=1S/C21H24N2O2S/c1-24-16-10-11-19(25-2)15(13-16)14-23-12-6-5-8-18(23)21-22-17-7-3-4-9-20(17)26-21/h3-4,7,9-11,13,18H,5-6,8,12,14H2,1-2H3/t18-/m0/s1. The SMILES string of the molecule is COc1ccc(OC)c(CN2CCCC[C@H]2c2nc3ccccc3s2)c1. The minimum absolute atomic E-state index is 0.372. The van der Waals surface area contributed by atoms with Crippen LogP contribution in [-0.4, -0.2) is 30.6 Å². The topological polar surface area (TPSA) is 34.6 Å². The fraction of sp³-hybridized carbons (Fsp3) is 0.381. The number of para-hydroxylation sites is 1. The van der Waals surface area contributed by atoms with Crippen molar-refractivity contribution in [2.45, 2.75) is 31.8 Å². The third-order valence-corrected chi connectivity index (χ3v) is 6.21. The highest BCUT2D eigenvalue weighted by Gasteiger charge is 2.27. The molecule has 4 rings (SSSR count). The van der Waals surface area contributed by atoms with E-state index >= 15 is 0 Å². The van der Waals surface area contributed by atoms with Crippen LogP contribution in [0.25, 0.3) is 10.2 Å². The fourth-order valence-electron chi connectivity index (χ4n) is 3.72. The van der Waals surface area contributed by atoms with Crippen molar-refractivity contribution >= 4 is 21.6 Å². The van der Waals surface area contributed by atoms with Crippen LogP contribution in [0.2, 0.25) is 0 Å². The number of piperidine rings is 1. The Morgan fingerprint density at radius 1 is 1.12 bits per heavy atom. The molecule has 0 bridgehead atoms. The number of nitrogens with zero attached hydrogens (tertiary/aromatic N) is 2. The van der Waals surface area contributed by atoms with Crippen LogP contribution in [0.1, 0.15) is 35.9 Å². The van der Waals surface area contributed by atoms with Gasteiger partial charge in [0.2, 0.25) is 0 Å². The van der Waals surface area contributed by atoms with Crippen molar-refractivity contribution in [1.29, 1.82) is 0 Å². The van der Waals surface area contributed by atoms with E-state index < -0.39 is 0 Å². The molecule has 1 aromatic heterocycles. The quantitative estimate of drug-likeness (QED) is 0.632. The summed E-state index contributed by atoms with van der Waals surface area (Å²) in [5, 5.41) is 1.23. The lowest BCUT2D eigenvalue weighted by atomic mass is 10.0. The zero-order valence-electron chi connectivity index (χ0n) is 15.3. The minimum atomic E-state index is 0.372. The highest BCUT2D eigenvalue weighted by Crippen LogP contribution is 2.37. The van der Waals surface area contributed by atoms with Gasteiger partial charge in [0.15, 0.2) is 0 Å². The van der Waals surface area contributed by atoms with Gasteiger partial charge >= 0.3 is 0 Å². The van der Waals surface area contributed by atoms with Crippen molar-refractivity contribution < 1.29 is 9.47 Å². The van der Waals surface area contributed by atoms with Crippen LogP contribution in [0.3, 0.4) is 0 Å². The van der Waals surface area contributed by atoms with E-state index in [1.165, 1.54) is 28.1 Å². The van der Waals surface area contributed by atoms with Crippen LogP contribution in [0.4, 0.5) is 0 Å². The smallest absolute Gasteiger partial charge is 0.123 e. The van der Waals surface area contributed by atoms with Gasteiger partial charge in [-0.1, -0.05) is 18.6 Å². The number of thiazole rings is 1. The van der Waals surface area contributed by atoms with Gasteiger partial charge in [0.05, 0.1) is 30.5 Å². The van der Waals surface area contributed by atoms with Crippen LogP contribution in [-0.2, 0) is 6.54 Å². The second kappa shape index (κ2) is 7.64. The van der Waals surface area contributed by atoms with E-state index in [0.717, 1.165) is 36.5 Å². The molecule has 4 nitrogen and oxygen atoms in total. The first-order valence-electron chi connectivity index (χ1n) is 9.09. The number of hydrogen-bond donors (Lipinski definition) is 0. The fourth-order valence-corrected chi connectivity index (χ4v) is 4.85. The average Bonchev–Trinajstić information content (AvgIpc) is 3.12. The van der Waals surface area contributed by atoms with Crippen LogP contribution < -0.4 is 9.47 Å². The monoisotopic (exact) mass is 368 g/mol. The predicted octanol–water partition coefficient (Wildman–Crippen LogP) is 5.04. The first-order valence-corrected chi connectivity index (χ1v) is 9.90. The van der Waals surface area contributed by atoms with Gasteiger partial charge in [-0.2, -0.15) is 0 Å². The molecule has 2 heterocycles. The number of fused-ring (bicyclic) bond motifs is 1. The number of benzene rings is 2. The third-order valence-electron chi connectivity index (χ3n) is 5.07. The van der Waals surface area contributed by atoms with Crippen molar-refractivity contribution in [2.75, 3.05) is 20.8 Å². The van der Waals surface area contributed by atoms with Crippen LogP contribution in [0.15, 0.2) is 42.5 Å². The zero-order chi connectivity index (χ0) is 17.9. The van der Waals surface area contributed by atoms with E-state index in [4.69, 9.17) is 14.5 Å². The lowest BCUT2D eigenvalue weighted by Gasteiger charge is -2.34. The third kappa shape index (κ3) is 3.41. The van der Waals surface area contributed by atoms with E-state index in [-0.39, 0.29) is 0 Å². The lowest BCUT2D eigenvalue weighted by molar-refractivity contribution is 0.139. The molecule has 0 unspecified atom stereocenters. The van der Waals surface area contributed by atoms with Gasteiger partial charge in [-0.25, -0.2) is 4.98 Å². The molecule has 0 N–H and O–H groups in total. The number of ether oxygens (including phenoxy) is 2. The van der Waals surface area contributed by atoms with E-state index in [9.17, 15) is 0 Å². The van der Waals surface area contributed by atoms with E-state index in [1.54, 1.807) is 14.2 Å². The summed E-state index contributed by atoms with van der Waals surface area (Å²) in [4.78, 5) is 7.47. The molecule has 0 amide bonds. The van der Waals surface area contributed by atoms with E-state index in [0.29, 0.717) is 6.04 Å². The van der Waals surface area contributed by atoms with Crippen molar-refractivity contribution in [3.8, 4) is 11.5 Å². The largest absolute Gasteiger partial charge is 0.497 e. The summed E-state index contributed by atoms with van der Waals surface area (Å²) >= 11 is 1.83. The second-order valence-electron chi connectivity index (χ2n) is 6.68. The Labute approximate surface area is 158 Å². The highest BCUT2D eigenvalue weighted by molar-refractivity contribution is 7.18. The first kappa shape index (κ1) is 17.3. The van der Waals surface area contributed by atoms with Crippen molar-refractivity contribution in [2.24, 2.45) is 0 Å². The zero-order valence-corrected chi connectivity index (χ0v) is 16.1. The lowest BCUT2D eigenvalue weighted by Crippen LogP contribution is -2.33. The number of aromatic nitrogens is 1. The molecular formula is C21H24N2O2S. The number of likely N-dealkylation sites (tertiary alicyclic amines) is 1. The summed E-state index contributed by atoms with van der Waals surface area (Å²) in [5.74, 6) is 1.79. The van der Waals surface area contributed by atoms with Gasteiger partial charge in [0.1, 0.15) is 16.5 Å². The molecule has 26 heavy (non-hydrogen) atoms. The molecule has 1 atom stereocenters. The molecule has 2 aromatic carbocycles. The van der Waals surface area contributed by atoms with Gasteiger partial charge in [0.25, 0.3) is 0 Å². The molecule has 0 aliphatic carbocycles. The molecule has 1 aliphatic rings. The number of hydrogen-bond acceptors (Lipinski definition) is 5. The second-order valence-corrected chi connectivity index (χ2v) is 7.74. The van der Waals surface area contributed by atoms with E-state index in [2.05, 4.69) is 35.2 Å². The molecule has 5 heteroatoms. The predicted molar refractivity (Wildman–Crippen MR) is 106 cm³/mol. The summed E-state index contributed by atoms with van der Waals surface area (Å²) in [6, 6.07) is 14.8. The maximum absolute atomic E-state index is 5.58. The first-order chi connectivity index (χ1) is 12.8. The molecule has 1 fully saturated rings. The maximum Gasteiger partial charge on any atom is 0.123 e. The Bertz CT molecular complexity index is 860. The molecule has 1 saturated heterocycles. The van der Waals surface area contributed by atoms with Gasteiger partial charge in [0, 0.05) is 12.1 Å². The Balaban J connectivity index is 1.63. The van der Waals surface area contributed by atoms with Crippen molar-refractivity contribution in [3.05, 3.63) is 53.0 Å². The Morgan fingerprint density at radius 3 is 2.81 bits per heavy atom. The maximum atomic E-state index is 5.58. The Morgan fingerprint density at radius 2 is 2.00 bits per heavy atom. The van der Waals surface area contributed by atoms with Crippen molar-refractivity contribution in [1.82, 2.24) is 9.88 Å². The van der Waals surface area contributed by atoms with E-state index in [1.807, 2.05) is 23.5 Å². The van der Waals surface area contributed by atoms with Crippen LogP contribution >= 0.6 is 11.3 Å². The number of rotatable bonds is 5. The molecule has 136 valence electrons. The molecular weight excluding hydrogens is 344 g/mol.